The molecule has 0 bridgehead atoms. The van der Waals surface area contributed by atoms with Gasteiger partial charge >= 0.3 is 5.63 Å². The summed E-state index contributed by atoms with van der Waals surface area (Å²) >= 11 is 0. The lowest BCUT2D eigenvalue weighted by molar-refractivity contribution is -0.117. The predicted octanol–water partition coefficient (Wildman–Crippen LogP) is 0.630. The number of anilines is 1. The van der Waals surface area contributed by atoms with Crippen molar-refractivity contribution in [2.24, 2.45) is 11.5 Å². The van der Waals surface area contributed by atoms with E-state index in [2.05, 4.69) is 10.6 Å². The van der Waals surface area contributed by atoms with Gasteiger partial charge in [0.05, 0.1) is 6.04 Å². The quantitative estimate of drug-likeness (QED) is 0.227. The maximum absolute atomic E-state index is 12.1. The Balaban J connectivity index is 1.99. The van der Waals surface area contributed by atoms with Crippen LogP contribution in [0.25, 0.3) is 11.0 Å². The number of carbonyl (C=O) groups excluding carboxylic acids is 1. The summed E-state index contributed by atoms with van der Waals surface area (Å²) in [6, 6.07) is 5.86. The molecule has 0 aliphatic rings. The second kappa shape index (κ2) is 7.60. The Bertz CT molecular complexity index is 815. The van der Waals surface area contributed by atoms with E-state index in [0.717, 1.165) is 10.9 Å². The first-order valence-electron chi connectivity index (χ1n) is 7.55. The zero-order valence-electron chi connectivity index (χ0n) is 13.4. The molecule has 0 radical (unpaired) electrons. The summed E-state index contributed by atoms with van der Waals surface area (Å²) in [5.74, 6) is -0.437. The van der Waals surface area contributed by atoms with Crippen molar-refractivity contribution in [2.45, 2.75) is 25.8 Å². The van der Waals surface area contributed by atoms with E-state index in [1.807, 2.05) is 6.92 Å². The summed E-state index contributed by atoms with van der Waals surface area (Å²) in [7, 11) is 0. The van der Waals surface area contributed by atoms with Crippen molar-refractivity contribution in [3.63, 3.8) is 0 Å². The van der Waals surface area contributed by atoms with E-state index in [9.17, 15) is 9.59 Å². The van der Waals surface area contributed by atoms with Crippen LogP contribution < -0.4 is 27.7 Å². The lowest BCUT2D eigenvalue weighted by Gasteiger charge is -2.13. The number of nitrogens with one attached hydrogen (secondary N) is 3. The highest BCUT2D eigenvalue weighted by Gasteiger charge is 2.14. The molecule has 8 heteroatoms. The van der Waals surface area contributed by atoms with Crippen LogP contribution in [0.2, 0.25) is 0 Å². The Morgan fingerprint density at radius 1 is 1.38 bits per heavy atom. The van der Waals surface area contributed by atoms with Crippen LogP contribution >= 0.6 is 0 Å². The number of benzene rings is 1. The Labute approximate surface area is 138 Å². The number of nitrogens with two attached hydrogens (primary N) is 2. The van der Waals surface area contributed by atoms with Gasteiger partial charge in [-0.1, -0.05) is 0 Å². The molecule has 1 atom stereocenters. The van der Waals surface area contributed by atoms with E-state index in [4.69, 9.17) is 21.3 Å². The normalized spacial score (nSPS) is 11.9. The third-order valence-electron chi connectivity index (χ3n) is 3.56. The zero-order valence-corrected chi connectivity index (χ0v) is 13.4. The van der Waals surface area contributed by atoms with Crippen molar-refractivity contribution in [1.29, 1.82) is 5.41 Å². The van der Waals surface area contributed by atoms with Gasteiger partial charge in [-0.3, -0.25) is 10.2 Å². The molecular formula is C16H21N5O3. The molecule has 24 heavy (non-hydrogen) atoms. The Morgan fingerprint density at radius 2 is 2.12 bits per heavy atom. The highest BCUT2D eigenvalue weighted by molar-refractivity contribution is 5.96. The number of hydrogen-bond acceptors (Lipinski definition) is 5. The van der Waals surface area contributed by atoms with E-state index < -0.39 is 11.7 Å². The highest BCUT2D eigenvalue weighted by atomic mass is 16.4. The maximum Gasteiger partial charge on any atom is 0.336 e. The average molecular weight is 331 g/mol. The summed E-state index contributed by atoms with van der Waals surface area (Å²) in [5.41, 5.74) is 12.3. The number of carbonyl (C=O) groups is 1. The second-order valence-corrected chi connectivity index (χ2v) is 5.54. The standard InChI is InChI=1S/C16H21N5O3/c1-9-7-14(22)24-13-8-10(4-5-11(9)13)21-15(23)12(17)3-2-6-20-16(18)19/h4-5,7-8,12H,2-3,6,17H2,1H3,(H,21,23)(H4,18,19,20). The largest absolute Gasteiger partial charge is 0.423 e. The molecule has 1 amide bonds. The van der Waals surface area contributed by atoms with Gasteiger partial charge in [0, 0.05) is 29.8 Å². The van der Waals surface area contributed by atoms with E-state index in [-0.39, 0.29) is 11.9 Å². The van der Waals surface area contributed by atoms with Crippen molar-refractivity contribution in [3.05, 3.63) is 40.2 Å². The lowest BCUT2D eigenvalue weighted by atomic mass is 10.1. The van der Waals surface area contributed by atoms with Crippen LogP contribution in [0.5, 0.6) is 0 Å². The first-order chi connectivity index (χ1) is 11.4. The number of guanidine groups is 1. The minimum atomic E-state index is -0.682. The van der Waals surface area contributed by atoms with E-state index in [0.29, 0.717) is 30.7 Å². The molecule has 0 aliphatic heterocycles. The van der Waals surface area contributed by atoms with Gasteiger partial charge in [0.25, 0.3) is 0 Å². The van der Waals surface area contributed by atoms with Gasteiger partial charge in [-0.15, -0.1) is 0 Å². The Kier molecular flexibility index (Phi) is 5.54. The van der Waals surface area contributed by atoms with Crippen molar-refractivity contribution in [1.82, 2.24) is 5.32 Å². The first kappa shape index (κ1) is 17.5. The fourth-order valence-corrected chi connectivity index (χ4v) is 2.31. The fourth-order valence-electron chi connectivity index (χ4n) is 2.31. The molecule has 0 aliphatic carbocycles. The lowest BCUT2D eigenvalue weighted by Crippen LogP contribution is -2.37. The molecule has 1 aromatic carbocycles. The van der Waals surface area contributed by atoms with Crippen LogP contribution in [0, 0.1) is 12.3 Å². The van der Waals surface area contributed by atoms with Crippen LogP contribution in [0.3, 0.4) is 0 Å². The molecule has 1 heterocycles. The number of rotatable bonds is 6. The van der Waals surface area contributed by atoms with Gasteiger partial charge in [-0.2, -0.15) is 0 Å². The third kappa shape index (κ3) is 4.56. The molecule has 128 valence electrons. The molecular weight excluding hydrogens is 310 g/mol. The smallest absolute Gasteiger partial charge is 0.336 e. The van der Waals surface area contributed by atoms with Crippen molar-refractivity contribution >= 4 is 28.5 Å². The molecule has 2 aromatic rings. The van der Waals surface area contributed by atoms with Crippen LogP contribution in [0.1, 0.15) is 18.4 Å². The average Bonchev–Trinajstić information content (AvgIpc) is 2.50. The van der Waals surface area contributed by atoms with Gasteiger partial charge < -0.3 is 26.5 Å². The fraction of sp³-hybridized carbons (Fsp3) is 0.312. The van der Waals surface area contributed by atoms with Gasteiger partial charge in [0.1, 0.15) is 5.58 Å². The summed E-state index contributed by atoms with van der Waals surface area (Å²) in [4.78, 5) is 23.5. The van der Waals surface area contributed by atoms with Gasteiger partial charge in [-0.05, 0) is 37.5 Å². The van der Waals surface area contributed by atoms with E-state index in [1.54, 1.807) is 18.2 Å². The number of fused-ring (bicyclic) bond motifs is 1. The molecule has 0 saturated carbocycles. The topological polar surface area (TPSA) is 147 Å². The van der Waals surface area contributed by atoms with E-state index in [1.165, 1.54) is 6.07 Å². The summed E-state index contributed by atoms with van der Waals surface area (Å²) < 4.78 is 5.15. The van der Waals surface area contributed by atoms with Crippen LogP contribution in [-0.2, 0) is 4.79 Å². The van der Waals surface area contributed by atoms with E-state index >= 15 is 0 Å². The SMILES string of the molecule is Cc1cc(=O)oc2cc(NC(=O)C(N)CCCNC(=N)N)ccc12. The zero-order chi connectivity index (χ0) is 17.7. The molecule has 7 N–H and O–H groups in total. The number of hydrogen-bond donors (Lipinski definition) is 5. The monoisotopic (exact) mass is 331 g/mol. The van der Waals surface area contributed by atoms with Crippen molar-refractivity contribution < 1.29 is 9.21 Å². The second-order valence-electron chi connectivity index (χ2n) is 5.54. The molecule has 0 fully saturated rings. The Hall–Kier alpha value is -2.87. The van der Waals surface area contributed by atoms with Crippen LogP contribution in [-0.4, -0.2) is 24.5 Å². The molecule has 8 nitrogen and oxygen atoms in total. The Morgan fingerprint density at radius 3 is 2.83 bits per heavy atom. The summed E-state index contributed by atoms with van der Waals surface area (Å²) in [6.45, 7) is 2.30. The van der Waals surface area contributed by atoms with Gasteiger partial charge in [-0.25, -0.2) is 4.79 Å². The van der Waals surface area contributed by atoms with Crippen molar-refractivity contribution in [2.75, 3.05) is 11.9 Å². The molecule has 1 aromatic heterocycles. The van der Waals surface area contributed by atoms with Crippen LogP contribution in [0.4, 0.5) is 5.69 Å². The molecule has 0 spiro atoms. The van der Waals surface area contributed by atoms with Gasteiger partial charge in [0.15, 0.2) is 5.96 Å². The highest BCUT2D eigenvalue weighted by Crippen LogP contribution is 2.20. The first-order valence-corrected chi connectivity index (χ1v) is 7.55. The predicted molar refractivity (Wildman–Crippen MR) is 93.0 cm³/mol. The number of aryl methyl sites for hydroxylation is 1. The molecule has 2 rings (SSSR count). The minimum absolute atomic E-state index is 0.110. The third-order valence-corrected chi connectivity index (χ3v) is 3.56. The number of amides is 1. The van der Waals surface area contributed by atoms with Gasteiger partial charge in [0.2, 0.25) is 5.91 Å². The molecule has 0 saturated heterocycles. The maximum atomic E-state index is 12.1. The molecule has 1 unspecified atom stereocenters. The van der Waals surface area contributed by atoms with Crippen molar-refractivity contribution in [3.8, 4) is 0 Å². The minimum Gasteiger partial charge on any atom is -0.423 e. The van der Waals surface area contributed by atoms with Crippen LogP contribution in [0.15, 0.2) is 33.5 Å². The summed E-state index contributed by atoms with van der Waals surface area (Å²) in [6.07, 6.45) is 1.06. The summed E-state index contributed by atoms with van der Waals surface area (Å²) in [5, 5.41) is 13.2.